The van der Waals surface area contributed by atoms with Gasteiger partial charge in [-0.1, -0.05) is 108 Å². The lowest BCUT2D eigenvalue weighted by Crippen LogP contribution is -2.02. The summed E-state index contributed by atoms with van der Waals surface area (Å²) in [5.74, 6) is 0.982. The highest BCUT2D eigenvalue weighted by Crippen LogP contribution is 2.14. The van der Waals surface area contributed by atoms with Crippen LogP contribution >= 0.6 is 0 Å². The Labute approximate surface area is 163 Å². The van der Waals surface area contributed by atoms with Gasteiger partial charge in [-0.15, -0.1) is 0 Å². The Balaban J connectivity index is 1.75. The van der Waals surface area contributed by atoms with Crippen LogP contribution in [0.15, 0.2) is 30.3 Å². The standard InChI is InChI=1S/C25H42O/c1-23(2)22-25(26)21-17-12-10-8-6-4-3-5-7-9-11-14-18-24-19-15-13-16-20-24/h13,15-16,19-20,23H,3-12,14,17-18,21-22H2,1-2H3. The fourth-order valence-corrected chi connectivity index (χ4v) is 3.62. The number of hydrogen-bond acceptors (Lipinski definition) is 1. The topological polar surface area (TPSA) is 17.1 Å². The van der Waals surface area contributed by atoms with Gasteiger partial charge in [0.05, 0.1) is 0 Å². The van der Waals surface area contributed by atoms with Crippen molar-refractivity contribution in [3.8, 4) is 0 Å². The van der Waals surface area contributed by atoms with E-state index in [9.17, 15) is 4.79 Å². The summed E-state index contributed by atoms with van der Waals surface area (Å²) >= 11 is 0. The van der Waals surface area contributed by atoms with E-state index in [0.29, 0.717) is 11.7 Å². The molecule has 1 aromatic carbocycles. The molecule has 0 aliphatic rings. The van der Waals surface area contributed by atoms with E-state index >= 15 is 0 Å². The highest BCUT2D eigenvalue weighted by Gasteiger charge is 2.04. The third kappa shape index (κ3) is 14.1. The van der Waals surface area contributed by atoms with E-state index in [4.69, 9.17) is 0 Å². The molecule has 1 aromatic rings. The van der Waals surface area contributed by atoms with Gasteiger partial charge >= 0.3 is 0 Å². The summed E-state index contributed by atoms with van der Waals surface area (Å²) in [5, 5.41) is 0. The van der Waals surface area contributed by atoms with Crippen LogP contribution in [0.3, 0.4) is 0 Å². The predicted molar refractivity (Wildman–Crippen MR) is 115 cm³/mol. The van der Waals surface area contributed by atoms with Gasteiger partial charge < -0.3 is 0 Å². The van der Waals surface area contributed by atoms with Crippen molar-refractivity contribution in [3.63, 3.8) is 0 Å². The molecule has 0 aliphatic heterocycles. The fourth-order valence-electron chi connectivity index (χ4n) is 3.62. The van der Waals surface area contributed by atoms with Crippen LogP contribution < -0.4 is 0 Å². The minimum atomic E-state index is 0.462. The Morgan fingerprint density at radius 2 is 1.15 bits per heavy atom. The van der Waals surface area contributed by atoms with Crippen LogP contribution in [0.25, 0.3) is 0 Å². The van der Waals surface area contributed by atoms with Crippen molar-refractivity contribution in [2.75, 3.05) is 0 Å². The normalized spacial score (nSPS) is 11.2. The zero-order chi connectivity index (χ0) is 18.9. The van der Waals surface area contributed by atoms with E-state index in [0.717, 1.165) is 19.3 Å². The van der Waals surface area contributed by atoms with Gasteiger partial charge in [-0.05, 0) is 30.7 Å². The van der Waals surface area contributed by atoms with E-state index < -0.39 is 0 Å². The number of hydrogen-bond donors (Lipinski definition) is 0. The van der Waals surface area contributed by atoms with Crippen LogP contribution in [0.1, 0.15) is 109 Å². The number of aryl methyl sites for hydroxylation is 1. The Morgan fingerprint density at radius 3 is 1.65 bits per heavy atom. The van der Waals surface area contributed by atoms with E-state index in [1.54, 1.807) is 0 Å². The Bertz CT molecular complexity index is 435. The number of carbonyl (C=O) groups excluding carboxylic acids is 1. The molecular formula is C25H42O. The second kappa shape index (κ2) is 16.1. The molecule has 0 atom stereocenters. The van der Waals surface area contributed by atoms with Crippen LogP contribution in [0, 0.1) is 5.92 Å². The van der Waals surface area contributed by atoms with Gasteiger partial charge in [-0.25, -0.2) is 0 Å². The molecule has 0 spiro atoms. The molecule has 0 aromatic heterocycles. The number of rotatable bonds is 17. The maximum atomic E-state index is 11.6. The average Bonchev–Trinajstić information content (AvgIpc) is 2.62. The van der Waals surface area contributed by atoms with Crippen LogP contribution in [0.5, 0.6) is 0 Å². The first-order valence-corrected chi connectivity index (χ1v) is 11.2. The number of benzene rings is 1. The first kappa shape index (κ1) is 22.9. The van der Waals surface area contributed by atoms with E-state index in [1.807, 2.05) is 0 Å². The van der Waals surface area contributed by atoms with Gasteiger partial charge in [-0.2, -0.15) is 0 Å². The molecule has 1 nitrogen and oxygen atoms in total. The molecule has 0 fully saturated rings. The zero-order valence-electron chi connectivity index (χ0n) is 17.5. The molecule has 0 radical (unpaired) electrons. The summed E-state index contributed by atoms with van der Waals surface area (Å²) in [6.45, 7) is 4.26. The zero-order valence-corrected chi connectivity index (χ0v) is 17.5. The third-order valence-corrected chi connectivity index (χ3v) is 5.15. The van der Waals surface area contributed by atoms with Crippen molar-refractivity contribution < 1.29 is 4.79 Å². The Morgan fingerprint density at radius 1 is 0.692 bits per heavy atom. The van der Waals surface area contributed by atoms with Crippen molar-refractivity contribution in [1.82, 2.24) is 0 Å². The summed E-state index contributed by atoms with van der Waals surface area (Å²) in [5.41, 5.74) is 1.48. The van der Waals surface area contributed by atoms with Gasteiger partial charge in [0.1, 0.15) is 5.78 Å². The third-order valence-electron chi connectivity index (χ3n) is 5.15. The van der Waals surface area contributed by atoms with Gasteiger partial charge in [0.15, 0.2) is 0 Å². The van der Waals surface area contributed by atoms with Gasteiger partial charge in [-0.3, -0.25) is 4.79 Å². The van der Waals surface area contributed by atoms with Crippen molar-refractivity contribution >= 4 is 5.78 Å². The molecule has 0 unspecified atom stereocenters. The highest BCUT2D eigenvalue weighted by molar-refractivity contribution is 5.78. The molecule has 1 rings (SSSR count). The molecule has 0 amide bonds. The van der Waals surface area contributed by atoms with Crippen LogP contribution in [0.4, 0.5) is 0 Å². The number of unbranched alkanes of at least 4 members (excludes halogenated alkanes) is 11. The van der Waals surface area contributed by atoms with E-state index in [-0.39, 0.29) is 0 Å². The molecule has 26 heavy (non-hydrogen) atoms. The lowest BCUT2D eigenvalue weighted by atomic mass is 10.0. The molecule has 148 valence electrons. The van der Waals surface area contributed by atoms with Crippen molar-refractivity contribution in [2.45, 2.75) is 110 Å². The molecule has 0 saturated carbocycles. The molecular weight excluding hydrogens is 316 g/mol. The maximum Gasteiger partial charge on any atom is 0.133 e. The smallest absolute Gasteiger partial charge is 0.133 e. The van der Waals surface area contributed by atoms with E-state index in [1.165, 1.54) is 82.6 Å². The largest absolute Gasteiger partial charge is 0.300 e. The second-order valence-corrected chi connectivity index (χ2v) is 8.36. The SMILES string of the molecule is CC(C)CC(=O)CCCCCCCCCCCCCCc1ccccc1. The van der Waals surface area contributed by atoms with Crippen LogP contribution in [0.2, 0.25) is 0 Å². The number of carbonyl (C=O) groups is 1. The van der Waals surface area contributed by atoms with Crippen molar-refractivity contribution in [3.05, 3.63) is 35.9 Å². The van der Waals surface area contributed by atoms with Gasteiger partial charge in [0.2, 0.25) is 0 Å². The Kier molecular flexibility index (Phi) is 14.2. The summed E-state index contributed by atoms with van der Waals surface area (Å²) < 4.78 is 0. The molecule has 0 aliphatic carbocycles. The van der Waals surface area contributed by atoms with Crippen molar-refractivity contribution in [1.29, 1.82) is 0 Å². The lowest BCUT2D eigenvalue weighted by molar-refractivity contribution is -0.119. The molecule has 0 heterocycles. The summed E-state index contributed by atoms with van der Waals surface area (Å²) in [4.78, 5) is 11.6. The second-order valence-electron chi connectivity index (χ2n) is 8.36. The number of Topliss-reactive ketones (excluding diaryl/α,β-unsaturated/α-hetero) is 1. The summed E-state index contributed by atoms with van der Waals surface area (Å²) in [6, 6.07) is 10.9. The van der Waals surface area contributed by atoms with Crippen molar-refractivity contribution in [2.24, 2.45) is 5.92 Å². The minimum Gasteiger partial charge on any atom is -0.300 e. The quantitative estimate of drug-likeness (QED) is 0.258. The molecule has 0 N–H and O–H groups in total. The maximum absolute atomic E-state index is 11.6. The molecule has 0 bridgehead atoms. The highest BCUT2D eigenvalue weighted by atomic mass is 16.1. The minimum absolute atomic E-state index is 0.462. The average molecular weight is 359 g/mol. The molecule has 0 saturated heterocycles. The van der Waals surface area contributed by atoms with Crippen LogP contribution in [-0.2, 0) is 11.2 Å². The Hall–Kier alpha value is -1.11. The molecule has 1 heteroatoms. The number of ketones is 1. The monoisotopic (exact) mass is 358 g/mol. The summed E-state index contributed by atoms with van der Waals surface area (Å²) in [6.07, 6.45) is 19.0. The first-order chi connectivity index (χ1) is 12.7. The lowest BCUT2D eigenvalue weighted by Gasteiger charge is -2.05. The summed E-state index contributed by atoms with van der Waals surface area (Å²) in [7, 11) is 0. The van der Waals surface area contributed by atoms with Gasteiger partial charge in [0, 0.05) is 12.8 Å². The van der Waals surface area contributed by atoms with E-state index in [2.05, 4.69) is 44.2 Å². The predicted octanol–water partition coefficient (Wildman–Crippen LogP) is 7.92. The van der Waals surface area contributed by atoms with Crippen LogP contribution in [-0.4, -0.2) is 5.78 Å². The first-order valence-electron chi connectivity index (χ1n) is 11.2. The van der Waals surface area contributed by atoms with Gasteiger partial charge in [0.25, 0.3) is 0 Å². The fraction of sp³-hybridized carbons (Fsp3) is 0.720.